The van der Waals surface area contributed by atoms with Gasteiger partial charge < -0.3 is 15.0 Å². The molecule has 2 aromatic heterocycles. The number of benzene rings is 1. The van der Waals surface area contributed by atoms with E-state index in [1.807, 2.05) is 41.8 Å². The number of unbranched alkanes of at least 4 members (excludes halogenated alkanes) is 7. The van der Waals surface area contributed by atoms with E-state index in [9.17, 15) is 14.7 Å². The summed E-state index contributed by atoms with van der Waals surface area (Å²) in [7, 11) is 3.15. The van der Waals surface area contributed by atoms with Crippen LogP contribution >= 0.6 is 0 Å². The Bertz CT molecular complexity index is 1150. The van der Waals surface area contributed by atoms with Crippen LogP contribution < -0.4 is 16.6 Å². The highest BCUT2D eigenvalue weighted by atomic mass is 16.3. The molecule has 0 aliphatic carbocycles. The van der Waals surface area contributed by atoms with E-state index < -0.39 is 6.10 Å². The number of nitrogens with one attached hydrogen (secondary N) is 1. The summed E-state index contributed by atoms with van der Waals surface area (Å²) < 4.78 is 4.44. The lowest BCUT2D eigenvalue weighted by Crippen LogP contribution is -2.37. The van der Waals surface area contributed by atoms with Crippen LogP contribution in [0.25, 0.3) is 11.2 Å². The van der Waals surface area contributed by atoms with Gasteiger partial charge in [0.25, 0.3) is 5.56 Å². The Morgan fingerprint density at radius 1 is 0.912 bits per heavy atom. The second-order valence-corrected chi connectivity index (χ2v) is 9.24. The van der Waals surface area contributed by atoms with Crippen LogP contribution in [-0.4, -0.2) is 36.4 Å². The predicted molar refractivity (Wildman–Crippen MR) is 136 cm³/mol. The van der Waals surface area contributed by atoms with Crippen molar-refractivity contribution in [3.05, 3.63) is 63.1 Å². The van der Waals surface area contributed by atoms with E-state index >= 15 is 0 Å². The van der Waals surface area contributed by atoms with Crippen LogP contribution in [0.2, 0.25) is 0 Å². The Hall–Kier alpha value is -2.71. The molecule has 2 atom stereocenters. The largest absolute Gasteiger partial charge is 0.387 e. The van der Waals surface area contributed by atoms with E-state index in [1.165, 1.54) is 43.7 Å². The third-order valence-electron chi connectivity index (χ3n) is 6.62. The minimum Gasteiger partial charge on any atom is -0.387 e. The number of imidazole rings is 1. The monoisotopic (exact) mass is 469 g/mol. The van der Waals surface area contributed by atoms with Crippen molar-refractivity contribution >= 4 is 11.2 Å². The normalized spacial score (nSPS) is 13.4. The molecule has 0 saturated carbocycles. The van der Waals surface area contributed by atoms with Crippen molar-refractivity contribution < 1.29 is 5.11 Å². The van der Waals surface area contributed by atoms with E-state index in [0.29, 0.717) is 11.2 Å². The maximum absolute atomic E-state index is 12.5. The van der Waals surface area contributed by atoms with Gasteiger partial charge in [-0.05, 0) is 31.9 Å². The van der Waals surface area contributed by atoms with E-state index in [-0.39, 0.29) is 17.3 Å². The SMILES string of the molecule is CC(NCCCCCCCCCCn1cnc2c1c(=O)n(C)c(=O)n2C)C(O)c1ccccc1. The van der Waals surface area contributed by atoms with Gasteiger partial charge in [0, 0.05) is 26.7 Å². The first-order chi connectivity index (χ1) is 16.4. The van der Waals surface area contributed by atoms with Crippen molar-refractivity contribution in [3.63, 3.8) is 0 Å². The lowest BCUT2D eigenvalue weighted by atomic mass is 10.0. The van der Waals surface area contributed by atoms with Crippen LogP contribution in [0, 0.1) is 0 Å². The van der Waals surface area contributed by atoms with Crippen molar-refractivity contribution in [3.8, 4) is 0 Å². The van der Waals surface area contributed by atoms with Crippen molar-refractivity contribution in [2.75, 3.05) is 6.54 Å². The van der Waals surface area contributed by atoms with Gasteiger partial charge in [0.15, 0.2) is 11.2 Å². The number of aliphatic hydroxyl groups excluding tert-OH is 1. The van der Waals surface area contributed by atoms with Gasteiger partial charge in [-0.1, -0.05) is 68.9 Å². The summed E-state index contributed by atoms with van der Waals surface area (Å²) in [6.45, 7) is 3.70. The molecule has 0 amide bonds. The van der Waals surface area contributed by atoms with Crippen LogP contribution in [0.1, 0.15) is 70.0 Å². The minimum absolute atomic E-state index is 0.0417. The van der Waals surface area contributed by atoms with Crippen LogP contribution in [0.15, 0.2) is 46.2 Å². The molecule has 0 spiro atoms. The van der Waals surface area contributed by atoms with Crippen molar-refractivity contribution in [2.45, 2.75) is 77.0 Å². The summed E-state index contributed by atoms with van der Waals surface area (Å²) in [5.74, 6) is 0. The zero-order chi connectivity index (χ0) is 24.5. The molecule has 0 saturated heterocycles. The van der Waals surface area contributed by atoms with Crippen LogP contribution in [-0.2, 0) is 20.6 Å². The highest BCUT2D eigenvalue weighted by Gasteiger charge is 2.15. The molecule has 2 unspecified atom stereocenters. The standard InChI is InChI=1S/C26H39N5O3/c1-20(23(32)21-15-11-10-12-16-21)27-17-13-8-6-4-5-7-9-14-18-31-19-28-24-22(31)25(33)30(3)26(34)29(24)2/h10-12,15-16,19-20,23,27,32H,4-9,13-14,17-18H2,1-3H3. The molecule has 0 aliphatic rings. The summed E-state index contributed by atoms with van der Waals surface area (Å²) in [5.41, 5.74) is 1.28. The summed E-state index contributed by atoms with van der Waals surface area (Å²) in [4.78, 5) is 28.8. The summed E-state index contributed by atoms with van der Waals surface area (Å²) in [5, 5.41) is 13.8. The average Bonchev–Trinajstić information content (AvgIpc) is 3.28. The third-order valence-corrected chi connectivity index (χ3v) is 6.62. The fourth-order valence-electron chi connectivity index (χ4n) is 4.41. The highest BCUT2D eigenvalue weighted by Crippen LogP contribution is 2.16. The smallest absolute Gasteiger partial charge is 0.332 e. The molecule has 3 rings (SSSR count). The second kappa shape index (κ2) is 12.7. The van der Waals surface area contributed by atoms with Crippen LogP contribution in [0.4, 0.5) is 0 Å². The lowest BCUT2D eigenvalue weighted by molar-refractivity contribution is 0.136. The highest BCUT2D eigenvalue weighted by molar-refractivity contribution is 5.69. The first-order valence-corrected chi connectivity index (χ1v) is 12.5. The Labute approximate surface area is 201 Å². The molecule has 3 aromatic rings. The first-order valence-electron chi connectivity index (χ1n) is 12.5. The molecule has 2 heterocycles. The Morgan fingerprint density at radius 3 is 2.21 bits per heavy atom. The molecule has 1 aromatic carbocycles. The van der Waals surface area contributed by atoms with Crippen LogP contribution in [0.5, 0.6) is 0 Å². The molecule has 0 radical (unpaired) electrons. The third kappa shape index (κ3) is 6.45. The van der Waals surface area contributed by atoms with E-state index in [1.54, 1.807) is 13.4 Å². The number of nitrogens with zero attached hydrogens (tertiary/aromatic N) is 4. The molecule has 186 valence electrons. The van der Waals surface area contributed by atoms with Crippen molar-refractivity contribution in [1.29, 1.82) is 0 Å². The molecule has 0 aliphatic heterocycles. The molecule has 34 heavy (non-hydrogen) atoms. The number of aliphatic hydroxyl groups is 1. The molecule has 0 fully saturated rings. The molecule has 2 N–H and O–H groups in total. The fraction of sp³-hybridized carbons (Fsp3) is 0.577. The average molecular weight is 470 g/mol. The van der Waals surface area contributed by atoms with Gasteiger partial charge >= 0.3 is 5.69 Å². The predicted octanol–water partition coefficient (Wildman–Crippen LogP) is 3.27. The van der Waals surface area contributed by atoms with Crippen molar-refractivity contribution in [2.24, 2.45) is 14.1 Å². The van der Waals surface area contributed by atoms with Gasteiger partial charge in [-0.2, -0.15) is 0 Å². The van der Waals surface area contributed by atoms with Gasteiger partial charge in [0.2, 0.25) is 0 Å². The van der Waals surface area contributed by atoms with Crippen molar-refractivity contribution in [1.82, 2.24) is 24.0 Å². The molecular weight excluding hydrogens is 430 g/mol. The maximum Gasteiger partial charge on any atom is 0.332 e. The van der Waals surface area contributed by atoms with Crippen LogP contribution in [0.3, 0.4) is 0 Å². The molecule has 8 heteroatoms. The van der Waals surface area contributed by atoms with Gasteiger partial charge in [0.1, 0.15) is 0 Å². The number of aryl methyl sites for hydroxylation is 2. The lowest BCUT2D eigenvalue weighted by Gasteiger charge is -2.20. The molecule has 0 bridgehead atoms. The van der Waals surface area contributed by atoms with Gasteiger partial charge in [-0.25, -0.2) is 9.78 Å². The zero-order valence-corrected chi connectivity index (χ0v) is 20.7. The van der Waals surface area contributed by atoms with Gasteiger partial charge in [0.05, 0.1) is 12.4 Å². The van der Waals surface area contributed by atoms with E-state index in [0.717, 1.165) is 42.5 Å². The molecule has 8 nitrogen and oxygen atoms in total. The number of aromatic nitrogens is 4. The number of hydrogen-bond donors (Lipinski definition) is 2. The summed E-state index contributed by atoms with van der Waals surface area (Å²) in [6.07, 6.45) is 10.5. The maximum atomic E-state index is 12.5. The van der Waals surface area contributed by atoms with Gasteiger partial charge in [-0.3, -0.25) is 13.9 Å². The van der Waals surface area contributed by atoms with E-state index in [2.05, 4.69) is 10.3 Å². The number of hydrogen-bond acceptors (Lipinski definition) is 5. The first kappa shape index (κ1) is 25.9. The fourth-order valence-corrected chi connectivity index (χ4v) is 4.41. The number of rotatable bonds is 14. The van der Waals surface area contributed by atoms with E-state index in [4.69, 9.17) is 0 Å². The Balaban J connectivity index is 1.25. The summed E-state index contributed by atoms with van der Waals surface area (Å²) in [6, 6.07) is 9.84. The minimum atomic E-state index is -0.476. The molecular formula is C26H39N5O3. The quantitative estimate of drug-likeness (QED) is 0.354. The summed E-state index contributed by atoms with van der Waals surface area (Å²) >= 11 is 0. The van der Waals surface area contributed by atoms with Gasteiger partial charge in [-0.15, -0.1) is 0 Å². The Kier molecular flexibility index (Phi) is 9.65. The zero-order valence-electron chi connectivity index (χ0n) is 20.7. The topological polar surface area (TPSA) is 94.1 Å². The second-order valence-electron chi connectivity index (χ2n) is 9.24. The number of fused-ring (bicyclic) bond motifs is 1. The Morgan fingerprint density at radius 2 is 1.53 bits per heavy atom.